The lowest BCUT2D eigenvalue weighted by Gasteiger charge is -2.11. The molecule has 0 atom stereocenters. The quantitative estimate of drug-likeness (QED) is 0.672. The highest BCUT2D eigenvalue weighted by Crippen LogP contribution is 2.16. The van der Waals surface area contributed by atoms with Crippen molar-refractivity contribution in [2.24, 2.45) is 0 Å². The molecule has 0 bridgehead atoms. The van der Waals surface area contributed by atoms with Crippen LogP contribution in [0.4, 0.5) is 0 Å². The smallest absolute Gasteiger partial charge is 0.269 e. The number of halogens is 1. The van der Waals surface area contributed by atoms with Gasteiger partial charge in [-0.2, -0.15) is 0 Å². The molecule has 0 saturated heterocycles. The Bertz CT molecular complexity index is 658. The van der Waals surface area contributed by atoms with Crippen LogP contribution in [0.15, 0.2) is 36.4 Å². The Morgan fingerprint density at radius 3 is 2.14 bits per heavy atom. The molecule has 0 radical (unpaired) electrons. The second-order valence-electron chi connectivity index (χ2n) is 4.94. The van der Waals surface area contributed by atoms with Crippen LogP contribution < -0.4 is 10.9 Å². The van der Waals surface area contributed by atoms with Crippen molar-refractivity contribution in [1.29, 1.82) is 0 Å². The van der Waals surface area contributed by atoms with E-state index in [-0.39, 0.29) is 24.1 Å². The maximum Gasteiger partial charge on any atom is 0.269 e. The third kappa shape index (κ3) is 3.68. The summed E-state index contributed by atoms with van der Waals surface area (Å²) in [6, 6.07) is 11.3. The van der Waals surface area contributed by atoms with Gasteiger partial charge < -0.3 is 4.57 Å². The Kier molecular flexibility index (Phi) is 5.22. The van der Waals surface area contributed by atoms with Gasteiger partial charge in [-0.15, -0.1) is 11.6 Å². The molecule has 2 amide bonds. The van der Waals surface area contributed by atoms with Crippen LogP contribution in [-0.4, -0.2) is 22.3 Å². The van der Waals surface area contributed by atoms with E-state index < -0.39 is 0 Å². The van der Waals surface area contributed by atoms with Crippen molar-refractivity contribution >= 4 is 23.4 Å². The van der Waals surface area contributed by atoms with Crippen molar-refractivity contribution in [2.45, 2.75) is 20.3 Å². The molecule has 6 heteroatoms. The number of nitrogens with zero attached hydrogens (tertiary/aromatic N) is 1. The fourth-order valence-electron chi connectivity index (χ4n) is 2.18. The number of amides is 2. The first kappa shape index (κ1) is 16.1. The molecule has 0 aliphatic heterocycles. The molecule has 22 heavy (non-hydrogen) atoms. The summed E-state index contributed by atoms with van der Waals surface area (Å²) >= 11 is 5.44. The summed E-state index contributed by atoms with van der Waals surface area (Å²) in [4.78, 5) is 23.2. The van der Waals surface area contributed by atoms with Crippen LogP contribution >= 0.6 is 11.6 Å². The lowest BCUT2D eigenvalue weighted by atomic mass is 10.2. The summed E-state index contributed by atoms with van der Waals surface area (Å²) in [7, 11) is 0. The van der Waals surface area contributed by atoms with Crippen LogP contribution in [0.2, 0.25) is 0 Å². The van der Waals surface area contributed by atoms with Gasteiger partial charge in [0.15, 0.2) is 0 Å². The van der Waals surface area contributed by atoms with Gasteiger partial charge in [0.25, 0.3) is 5.91 Å². The molecule has 0 aliphatic rings. The molecular weight excluding hydrogens is 302 g/mol. The van der Waals surface area contributed by atoms with E-state index in [1.807, 2.05) is 38.1 Å². The maximum absolute atomic E-state index is 11.9. The predicted molar refractivity (Wildman–Crippen MR) is 86.2 cm³/mol. The second-order valence-corrected chi connectivity index (χ2v) is 5.32. The summed E-state index contributed by atoms with van der Waals surface area (Å²) in [5.41, 5.74) is 8.38. The van der Waals surface area contributed by atoms with Gasteiger partial charge >= 0.3 is 0 Å². The van der Waals surface area contributed by atoms with Crippen molar-refractivity contribution < 1.29 is 9.59 Å². The first-order valence-electron chi connectivity index (χ1n) is 6.93. The van der Waals surface area contributed by atoms with E-state index in [1.165, 1.54) is 0 Å². The van der Waals surface area contributed by atoms with Crippen molar-refractivity contribution in [1.82, 2.24) is 15.4 Å². The molecule has 116 valence electrons. The van der Waals surface area contributed by atoms with Crippen LogP contribution in [0.1, 0.15) is 28.2 Å². The number of alkyl halides is 1. The van der Waals surface area contributed by atoms with E-state index in [0.717, 1.165) is 17.1 Å². The van der Waals surface area contributed by atoms with Crippen LogP contribution in [0.25, 0.3) is 5.69 Å². The zero-order chi connectivity index (χ0) is 16.1. The van der Waals surface area contributed by atoms with Crippen LogP contribution in [-0.2, 0) is 4.79 Å². The number of aryl methyl sites for hydroxylation is 2. The molecule has 0 fully saturated rings. The average Bonchev–Trinajstić information content (AvgIpc) is 2.84. The standard InChI is InChI=1S/C16H18ClN3O2/c1-11-3-4-12(2)20(11)14-7-5-13(6-8-14)16(22)19-18-15(21)9-10-17/h3-8H,9-10H2,1-2H3,(H,18,21)(H,19,22). The van der Waals surface area contributed by atoms with Gasteiger partial charge in [0, 0.05) is 34.9 Å². The summed E-state index contributed by atoms with van der Waals surface area (Å²) < 4.78 is 2.10. The van der Waals surface area contributed by atoms with E-state index in [4.69, 9.17) is 11.6 Å². The van der Waals surface area contributed by atoms with Gasteiger partial charge in [-0.25, -0.2) is 0 Å². The predicted octanol–water partition coefficient (Wildman–Crippen LogP) is 2.48. The molecule has 2 rings (SSSR count). The zero-order valence-corrected chi connectivity index (χ0v) is 13.3. The van der Waals surface area contributed by atoms with Gasteiger partial charge in [-0.3, -0.25) is 20.4 Å². The molecule has 0 saturated carbocycles. The van der Waals surface area contributed by atoms with Gasteiger partial charge in [0.2, 0.25) is 5.91 Å². The topological polar surface area (TPSA) is 63.1 Å². The molecule has 1 aromatic heterocycles. The fraction of sp³-hybridized carbons (Fsp3) is 0.250. The molecule has 1 aromatic carbocycles. The summed E-state index contributed by atoms with van der Waals surface area (Å²) in [5, 5.41) is 0. The number of carbonyl (C=O) groups is 2. The first-order valence-corrected chi connectivity index (χ1v) is 7.47. The number of hydrogen-bond donors (Lipinski definition) is 2. The van der Waals surface area contributed by atoms with Crippen LogP contribution in [0.5, 0.6) is 0 Å². The minimum absolute atomic E-state index is 0.160. The Balaban J connectivity index is 2.06. The first-order chi connectivity index (χ1) is 10.5. The number of hydrogen-bond acceptors (Lipinski definition) is 2. The number of rotatable bonds is 4. The summed E-state index contributed by atoms with van der Waals surface area (Å²) in [6.07, 6.45) is 0.160. The summed E-state index contributed by atoms with van der Waals surface area (Å²) in [6.45, 7) is 4.06. The van der Waals surface area contributed by atoms with Gasteiger partial charge in [0.1, 0.15) is 0 Å². The monoisotopic (exact) mass is 319 g/mol. The average molecular weight is 320 g/mol. The third-order valence-electron chi connectivity index (χ3n) is 3.30. The molecule has 2 aromatic rings. The molecular formula is C16H18ClN3O2. The van der Waals surface area contributed by atoms with E-state index >= 15 is 0 Å². The second kappa shape index (κ2) is 7.13. The maximum atomic E-state index is 11.9. The highest BCUT2D eigenvalue weighted by Gasteiger charge is 2.08. The number of hydrazine groups is 1. The normalized spacial score (nSPS) is 10.3. The molecule has 0 aliphatic carbocycles. The van der Waals surface area contributed by atoms with Crippen molar-refractivity contribution in [3.63, 3.8) is 0 Å². The Morgan fingerprint density at radius 1 is 1.00 bits per heavy atom. The SMILES string of the molecule is Cc1ccc(C)n1-c1ccc(C(=O)NNC(=O)CCCl)cc1. The Morgan fingerprint density at radius 2 is 1.59 bits per heavy atom. The van der Waals surface area contributed by atoms with Gasteiger partial charge in [-0.05, 0) is 50.2 Å². The van der Waals surface area contributed by atoms with Crippen molar-refractivity contribution in [3.05, 3.63) is 53.3 Å². The minimum Gasteiger partial charge on any atom is -0.319 e. The van der Waals surface area contributed by atoms with E-state index in [9.17, 15) is 9.59 Å². The zero-order valence-electron chi connectivity index (χ0n) is 12.5. The van der Waals surface area contributed by atoms with E-state index in [2.05, 4.69) is 15.4 Å². The molecule has 0 spiro atoms. The van der Waals surface area contributed by atoms with Gasteiger partial charge in [-0.1, -0.05) is 0 Å². The molecule has 0 unspecified atom stereocenters. The Hall–Kier alpha value is -2.27. The highest BCUT2D eigenvalue weighted by atomic mass is 35.5. The van der Waals surface area contributed by atoms with E-state index in [1.54, 1.807) is 12.1 Å². The van der Waals surface area contributed by atoms with Crippen molar-refractivity contribution in [2.75, 3.05) is 5.88 Å². The minimum atomic E-state index is -0.365. The lowest BCUT2D eigenvalue weighted by molar-refractivity contribution is -0.121. The van der Waals surface area contributed by atoms with Crippen LogP contribution in [0, 0.1) is 13.8 Å². The molecule has 5 nitrogen and oxygen atoms in total. The Labute approximate surface area is 134 Å². The lowest BCUT2D eigenvalue weighted by Crippen LogP contribution is -2.41. The van der Waals surface area contributed by atoms with Gasteiger partial charge in [0.05, 0.1) is 0 Å². The number of benzene rings is 1. The molecule has 1 heterocycles. The van der Waals surface area contributed by atoms with E-state index in [0.29, 0.717) is 5.56 Å². The van der Waals surface area contributed by atoms with Crippen LogP contribution in [0.3, 0.4) is 0 Å². The van der Waals surface area contributed by atoms with Crippen molar-refractivity contribution in [3.8, 4) is 5.69 Å². The fourth-order valence-corrected chi connectivity index (χ4v) is 2.36. The summed E-state index contributed by atoms with van der Waals surface area (Å²) in [5.74, 6) is -0.472. The number of carbonyl (C=O) groups excluding carboxylic acids is 2. The third-order valence-corrected chi connectivity index (χ3v) is 3.48. The largest absolute Gasteiger partial charge is 0.319 e. The number of nitrogens with one attached hydrogen (secondary N) is 2. The number of aromatic nitrogens is 1. The molecule has 2 N–H and O–H groups in total. The highest BCUT2D eigenvalue weighted by molar-refractivity contribution is 6.18.